The quantitative estimate of drug-likeness (QED) is 0.674. The summed E-state index contributed by atoms with van der Waals surface area (Å²) in [5.74, 6) is 0.910. The monoisotopic (exact) mass is 216 g/mol. The molecule has 1 unspecified atom stereocenters. The van der Waals surface area contributed by atoms with Gasteiger partial charge in [0, 0.05) is 16.2 Å². The molecule has 0 saturated heterocycles. The van der Waals surface area contributed by atoms with Crippen LogP contribution in [-0.2, 0) is 4.79 Å². The average molecular weight is 216 g/mol. The van der Waals surface area contributed by atoms with Crippen LogP contribution in [0, 0.1) is 5.92 Å². The number of allylic oxidation sites excluding steroid dienone is 1. The van der Waals surface area contributed by atoms with Gasteiger partial charge < -0.3 is 0 Å². The van der Waals surface area contributed by atoms with Gasteiger partial charge in [-0.2, -0.15) is 0 Å². The Balaban J connectivity index is 2.96. The minimum atomic E-state index is 0.380. The highest BCUT2D eigenvalue weighted by Crippen LogP contribution is 2.39. The highest BCUT2D eigenvalue weighted by molar-refractivity contribution is 8.21. The molecular formula is C10H16OS2. The van der Waals surface area contributed by atoms with E-state index in [2.05, 4.69) is 19.4 Å². The summed E-state index contributed by atoms with van der Waals surface area (Å²) in [5, 5.41) is 0. The number of ketones is 1. The summed E-state index contributed by atoms with van der Waals surface area (Å²) in [5.41, 5.74) is 1.11. The fourth-order valence-corrected chi connectivity index (χ4v) is 3.47. The maximum Gasteiger partial charge on any atom is 0.160 e. The molecule has 0 radical (unpaired) electrons. The summed E-state index contributed by atoms with van der Waals surface area (Å²) in [7, 11) is 0. The molecular weight excluding hydrogens is 200 g/mol. The minimum Gasteiger partial charge on any atom is -0.294 e. The summed E-state index contributed by atoms with van der Waals surface area (Å²) in [6, 6.07) is 0. The van der Waals surface area contributed by atoms with Crippen molar-refractivity contribution in [2.45, 2.75) is 26.2 Å². The number of carbonyl (C=O) groups is 1. The van der Waals surface area contributed by atoms with E-state index < -0.39 is 0 Å². The van der Waals surface area contributed by atoms with Gasteiger partial charge in [0.25, 0.3) is 0 Å². The van der Waals surface area contributed by atoms with E-state index >= 15 is 0 Å². The highest BCUT2D eigenvalue weighted by Gasteiger charge is 2.29. The van der Waals surface area contributed by atoms with Crippen molar-refractivity contribution in [3.63, 3.8) is 0 Å². The number of thioether (sulfide) groups is 2. The van der Waals surface area contributed by atoms with Crippen LogP contribution in [0.4, 0.5) is 0 Å². The number of carbonyl (C=O) groups excluding carboxylic acids is 1. The molecule has 13 heavy (non-hydrogen) atoms. The van der Waals surface area contributed by atoms with Gasteiger partial charge in [-0.3, -0.25) is 4.79 Å². The summed E-state index contributed by atoms with van der Waals surface area (Å²) in [6.07, 6.45) is 7.04. The second-order valence-corrected chi connectivity index (χ2v) is 5.07. The molecule has 1 rings (SSSR count). The van der Waals surface area contributed by atoms with Crippen molar-refractivity contribution in [1.29, 1.82) is 0 Å². The Labute approximate surface area is 88.7 Å². The van der Waals surface area contributed by atoms with Gasteiger partial charge in [0.05, 0.1) is 0 Å². The molecule has 0 spiro atoms. The van der Waals surface area contributed by atoms with Crippen LogP contribution in [-0.4, -0.2) is 18.3 Å². The first-order valence-electron chi connectivity index (χ1n) is 4.59. The summed E-state index contributed by atoms with van der Waals surface area (Å²) < 4.78 is 1.23. The zero-order valence-corrected chi connectivity index (χ0v) is 10.1. The van der Waals surface area contributed by atoms with Crippen LogP contribution >= 0.6 is 23.5 Å². The lowest BCUT2D eigenvalue weighted by molar-refractivity contribution is -0.114. The van der Waals surface area contributed by atoms with E-state index in [1.807, 2.05) is 0 Å². The van der Waals surface area contributed by atoms with Crippen molar-refractivity contribution in [2.24, 2.45) is 5.92 Å². The van der Waals surface area contributed by atoms with E-state index in [0.29, 0.717) is 11.7 Å². The van der Waals surface area contributed by atoms with Gasteiger partial charge in [0.15, 0.2) is 5.78 Å². The number of Topliss-reactive ketones (excluding diaryl/α,β-unsaturated/α-hetero) is 1. The smallest absolute Gasteiger partial charge is 0.160 e. The molecule has 1 fully saturated rings. The van der Waals surface area contributed by atoms with Crippen molar-refractivity contribution in [2.75, 3.05) is 12.5 Å². The van der Waals surface area contributed by atoms with Gasteiger partial charge in [0.1, 0.15) is 0 Å². The lowest BCUT2D eigenvalue weighted by Gasteiger charge is -2.11. The molecule has 0 aromatic heterocycles. The van der Waals surface area contributed by atoms with Gasteiger partial charge in [-0.25, -0.2) is 0 Å². The fourth-order valence-electron chi connectivity index (χ4n) is 1.80. The molecule has 0 amide bonds. The van der Waals surface area contributed by atoms with Gasteiger partial charge in [-0.1, -0.05) is 6.92 Å². The van der Waals surface area contributed by atoms with Gasteiger partial charge in [-0.15, -0.1) is 23.5 Å². The predicted octanol–water partition coefficient (Wildman–Crippen LogP) is 3.31. The first-order chi connectivity index (χ1) is 6.24. The van der Waals surface area contributed by atoms with Crippen LogP contribution < -0.4 is 0 Å². The lowest BCUT2D eigenvalue weighted by Crippen LogP contribution is -2.02. The molecule has 0 N–H and O–H groups in total. The van der Waals surface area contributed by atoms with Crippen molar-refractivity contribution < 1.29 is 4.79 Å². The number of hydrogen-bond donors (Lipinski definition) is 0. The van der Waals surface area contributed by atoms with E-state index in [1.54, 1.807) is 23.5 Å². The maximum absolute atomic E-state index is 11.6. The molecule has 0 aliphatic heterocycles. The molecule has 3 heteroatoms. The van der Waals surface area contributed by atoms with Crippen LogP contribution in [0.15, 0.2) is 9.81 Å². The molecule has 1 nitrogen and oxygen atoms in total. The zero-order valence-electron chi connectivity index (χ0n) is 8.42. The maximum atomic E-state index is 11.6. The molecule has 1 aliphatic rings. The van der Waals surface area contributed by atoms with E-state index in [9.17, 15) is 4.79 Å². The topological polar surface area (TPSA) is 17.1 Å². The predicted molar refractivity (Wildman–Crippen MR) is 62.1 cm³/mol. The van der Waals surface area contributed by atoms with Crippen molar-refractivity contribution in [3.05, 3.63) is 9.81 Å². The average Bonchev–Trinajstić information content (AvgIpc) is 2.51. The second kappa shape index (κ2) is 5.11. The number of hydrogen-bond acceptors (Lipinski definition) is 3. The van der Waals surface area contributed by atoms with Crippen molar-refractivity contribution in [1.82, 2.24) is 0 Å². The molecule has 1 aliphatic carbocycles. The van der Waals surface area contributed by atoms with Crippen LogP contribution in [0.5, 0.6) is 0 Å². The first-order valence-corrected chi connectivity index (χ1v) is 7.04. The van der Waals surface area contributed by atoms with Gasteiger partial charge in [-0.05, 0) is 31.3 Å². The van der Waals surface area contributed by atoms with E-state index in [1.165, 1.54) is 4.24 Å². The third kappa shape index (κ3) is 2.32. The second-order valence-electron chi connectivity index (χ2n) is 3.18. The molecule has 1 saturated carbocycles. The third-order valence-corrected chi connectivity index (χ3v) is 4.69. The van der Waals surface area contributed by atoms with E-state index in [4.69, 9.17) is 0 Å². The molecule has 1 atom stereocenters. The highest BCUT2D eigenvalue weighted by atomic mass is 32.2. The largest absolute Gasteiger partial charge is 0.294 e. The first kappa shape index (κ1) is 11.2. The molecule has 0 bridgehead atoms. The number of rotatable bonds is 3. The minimum absolute atomic E-state index is 0.380. The molecule has 0 aromatic rings. The lowest BCUT2D eigenvalue weighted by atomic mass is 10.0. The van der Waals surface area contributed by atoms with Crippen LogP contribution in [0.1, 0.15) is 26.2 Å². The standard InChI is InChI=1S/C10H16OS2/c1-4-7-5-6-8(11)9(7)10(12-2)13-3/h7H,4-6H2,1-3H3. The Morgan fingerprint density at radius 2 is 2.08 bits per heavy atom. The molecule has 74 valence electrons. The zero-order chi connectivity index (χ0) is 9.84. The van der Waals surface area contributed by atoms with Crippen LogP contribution in [0.2, 0.25) is 0 Å². The Kier molecular flexibility index (Phi) is 4.39. The Morgan fingerprint density at radius 3 is 2.54 bits per heavy atom. The molecule has 0 aromatic carbocycles. The van der Waals surface area contributed by atoms with Gasteiger partial charge >= 0.3 is 0 Å². The van der Waals surface area contributed by atoms with E-state index in [-0.39, 0.29) is 0 Å². The summed E-state index contributed by atoms with van der Waals surface area (Å²) in [4.78, 5) is 11.6. The van der Waals surface area contributed by atoms with Crippen LogP contribution in [0.3, 0.4) is 0 Å². The summed E-state index contributed by atoms with van der Waals surface area (Å²) in [6.45, 7) is 2.17. The third-order valence-electron chi connectivity index (χ3n) is 2.51. The fraction of sp³-hybridized carbons (Fsp3) is 0.700. The Hall–Kier alpha value is 0.110. The van der Waals surface area contributed by atoms with Crippen molar-refractivity contribution in [3.8, 4) is 0 Å². The Bertz CT molecular complexity index is 227. The molecule has 0 heterocycles. The Morgan fingerprint density at radius 1 is 1.46 bits per heavy atom. The summed E-state index contributed by atoms with van der Waals surface area (Å²) >= 11 is 3.42. The normalized spacial score (nSPS) is 22.5. The van der Waals surface area contributed by atoms with E-state index in [0.717, 1.165) is 24.8 Å². The van der Waals surface area contributed by atoms with Gasteiger partial charge in [0.2, 0.25) is 0 Å². The van der Waals surface area contributed by atoms with Crippen LogP contribution in [0.25, 0.3) is 0 Å². The SMILES string of the molecule is CCC1CCC(=O)C1=C(SC)SC. The van der Waals surface area contributed by atoms with Crippen molar-refractivity contribution >= 4 is 29.3 Å².